The minimum Gasteiger partial charge on any atom is -0.396 e. The van der Waals surface area contributed by atoms with Crippen molar-refractivity contribution in [1.82, 2.24) is 15.1 Å². The molecule has 6 nitrogen and oxygen atoms in total. The molecule has 1 aromatic heterocycles. The number of anilines is 1. The Hall–Kier alpha value is -2.34. The number of hydrogen-bond acceptors (Lipinski definition) is 4. The lowest BCUT2D eigenvalue weighted by Crippen LogP contribution is -2.62. The van der Waals surface area contributed by atoms with E-state index in [4.69, 9.17) is 10.5 Å². The van der Waals surface area contributed by atoms with Crippen molar-refractivity contribution in [2.45, 2.75) is 31.5 Å². The standard InChI is InChI=1S/C18H22N4O2/c19-13-9-20-22(10-13)11-16(23)21-17-14-6-7-24-18(14)15(17)8-12-4-2-1-3-5-12/h1-5,9-10,14-15,17-18H,6-8,11,19H2,(H,21,23)/t14-,15+,17-,18-/m0/s1. The number of nitrogens with one attached hydrogen (secondary N) is 1. The number of nitrogens with zero attached hydrogens (tertiary/aromatic N) is 2. The molecule has 1 saturated heterocycles. The van der Waals surface area contributed by atoms with Gasteiger partial charge in [-0.2, -0.15) is 5.10 Å². The van der Waals surface area contributed by atoms with E-state index in [0.29, 0.717) is 17.5 Å². The SMILES string of the molecule is Nc1cnn(CC(=O)N[C@@H]2[C@@H](Cc3ccccc3)[C@H]3OCC[C@@H]23)c1. The van der Waals surface area contributed by atoms with Crippen LogP contribution in [0.15, 0.2) is 42.7 Å². The fraction of sp³-hybridized carbons (Fsp3) is 0.444. The van der Waals surface area contributed by atoms with Crippen LogP contribution in [-0.4, -0.2) is 34.4 Å². The van der Waals surface area contributed by atoms with E-state index in [1.807, 2.05) is 6.07 Å². The minimum atomic E-state index is -0.0217. The van der Waals surface area contributed by atoms with Crippen LogP contribution in [0.25, 0.3) is 0 Å². The third kappa shape index (κ3) is 2.89. The molecule has 1 aliphatic carbocycles. The summed E-state index contributed by atoms with van der Waals surface area (Å²) >= 11 is 0. The van der Waals surface area contributed by atoms with E-state index in [1.165, 1.54) is 5.56 Å². The zero-order valence-electron chi connectivity index (χ0n) is 13.5. The summed E-state index contributed by atoms with van der Waals surface area (Å²) in [6.45, 7) is 0.993. The molecule has 0 spiro atoms. The monoisotopic (exact) mass is 326 g/mol. The normalized spacial score (nSPS) is 28.2. The predicted molar refractivity (Wildman–Crippen MR) is 90.1 cm³/mol. The number of ether oxygens (including phenoxy) is 1. The van der Waals surface area contributed by atoms with Crippen LogP contribution in [0.5, 0.6) is 0 Å². The van der Waals surface area contributed by atoms with Gasteiger partial charge in [-0.1, -0.05) is 30.3 Å². The van der Waals surface area contributed by atoms with Gasteiger partial charge < -0.3 is 15.8 Å². The number of aromatic nitrogens is 2. The summed E-state index contributed by atoms with van der Waals surface area (Å²) in [4.78, 5) is 12.4. The van der Waals surface area contributed by atoms with Crippen LogP contribution < -0.4 is 11.1 Å². The average Bonchev–Trinajstić information content (AvgIpc) is 3.18. The van der Waals surface area contributed by atoms with Crippen molar-refractivity contribution < 1.29 is 9.53 Å². The largest absolute Gasteiger partial charge is 0.396 e. The molecule has 2 fully saturated rings. The zero-order chi connectivity index (χ0) is 16.5. The Bertz CT molecular complexity index is 715. The van der Waals surface area contributed by atoms with Gasteiger partial charge in [0.1, 0.15) is 6.54 Å². The summed E-state index contributed by atoms with van der Waals surface area (Å²) in [5.41, 5.74) is 7.49. The van der Waals surface area contributed by atoms with Crippen LogP contribution in [0, 0.1) is 11.8 Å². The number of carbonyl (C=O) groups is 1. The molecule has 2 heterocycles. The van der Waals surface area contributed by atoms with Crippen molar-refractivity contribution in [3.63, 3.8) is 0 Å². The Morgan fingerprint density at radius 2 is 2.21 bits per heavy atom. The van der Waals surface area contributed by atoms with E-state index in [1.54, 1.807) is 17.1 Å². The smallest absolute Gasteiger partial charge is 0.241 e. The Labute approximate surface area is 141 Å². The van der Waals surface area contributed by atoms with Crippen LogP contribution in [0.2, 0.25) is 0 Å². The maximum atomic E-state index is 12.4. The second-order valence-electron chi connectivity index (χ2n) is 6.71. The number of carbonyl (C=O) groups excluding carboxylic acids is 1. The molecular formula is C18H22N4O2. The molecule has 4 atom stereocenters. The Morgan fingerprint density at radius 1 is 1.38 bits per heavy atom. The van der Waals surface area contributed by atoms with E-state index in [2.05, 4.69) is 34.7 Å². The molecule has 2 aromatic rings. The van der Waals surface area contributed by atoms with Gasteiger partial charge in [-0.3, -0.25) is 9.48 Å². The molecule has 1 aromatic carbocycles. The summed E-state index contributed by atoms with van der Waals surface area (Å²) in [5.74, 6) is 0.753. The third-order valence-corrected chi connectivity index (χ3v) is 5.13. The van der Waals surface area contributed by atoms with E-state index >= 15 is 0 Å². The van der Waals surface area contributed by atoms with Gasteiger partial charge in [0.2, 0.25) is 5.91 Å². The molecule has 0 unspecified atom stereocenters. The first kappa shape index (κ1) is 15.2. The summed E-state index contributed by atoms with van der Waals surface area (Å²) in [6.07, 6.45) is 5.45. The number of amides is 1. The van der Waals surface area contributed by atoms with Gasteiger partial charge in [0.05, 0.1) is 18.0 Å². The van der Waals surface area contributed by atoms with Crippen LogP contribution in [0.4, 0.5) is 5.69 Å². The van der Waals surface area contributed by atoms with Crippen molar-refractivity contribution in [2.24, 2.45) is 11.8 Å². The second kappa shape index (κ2) is 6.28. The predicted octanol–water partition coefficient (Wildman–Crippen LogP) is 1.23. The molecule has 3 N–H and O–H groups in total. The number of benzene rings is 1. The molecule has 0 radical (unpaired) electrons. The highest BCUT2D eigenvalue weighted by Crippen LogP contribution is 2.45. The first-order chi connectivity index (χ1) is 11.7. The topological polar surface area (TPSA) is 82.2 Å². The average molecular weight is 326 g/mol. The molecular weight excluding hydrogens is 304 g/mol. The van der Waals surface area contributed by atoms with Crippen LogP contribution >= 0.6 is 0 Å². The van der Waals surface area contributed by atoms with E-state index < -0.39 is 0 Å². The summed E-state index contributed by atoms with van der Waals surface area (Å²) in [5, 5.41) is 7.26. The first-order valence-corrected chi connectivity index (χ1v) is 8.43. The number of nitrogen functional groups attached to an aromatic ring is 1. The van der Waals surface area contributed by atoms with Gasteiger partial charge in [-0.25, -0.2) is 0 Å². The highest BCUT2D eigenvalue weighted by Gasteiger charge is 2.53. The first-order valence-electron chi connectivity index (χ1n) is 8.43. The Kier molecular flexibility index (Phi) is 3.98. The van der Waals surface area contributed by atoms with Crippen LogP contribution in [0.3, 0.4) is 0 Å². The van der Waals surface area contributed by atoms with Gasteiger partial charge in [-0.15, -0.1) is 0 Å². The number of rotatable bonds is 5. The fourth-order valence-corrected chi connectivity index (χ4v) is 4.02. The maximum absolute atomic E-state index is 12.4. The molecule has 1 saturated carbocycles. The fourth-order valence-electron chi connectivity index (χ4n) is 4.02. The van der Waals surface area contributed by atoms with Crippen molar-refractivity contribution in [1.29, 1.82) is 0 Å². The van der Waals surface area contributed by atoms with Crippen molar-refractivity contribution in [3.05, 3.63) is 48.3 Å². The van der Waals surface area contributed by atoms with Crippen molar-refractivity contribution in [2.75, 3.05) is 12.3 Å². The number of fused-ring (bicyclic) bond motifs is 1. The molecule has 6 heteroatoms. The Balaban J connectivity index is 1.41. The van der Waals surface area contributed by atoms with Gasteiger partial charge in [0, 0.05) is 30.7 Å². The third-order valence-electron chi connectivity index (χ3n) is 5.13. The van der Waals surface area contributed by atoms with Gasteiger partial charge in [0.25, 0.3) is 0 Å². The Morgan fingerprint density at radius 3 is 2.96 bits per heavy atom. The van der Waals surface area contributed by atoms with E-state index in [9.17, 15) is 4.79 Å². The summed E-state index contributed by atoms with van der Waals surface area (Å²) in [7, 11) is 0. The maximum Gasteiger partial charge on any atom is 0.241 e. The van der Waals surface area contributed by atoms with E-state index in [-0.39, 0.29) is 24.6 Å². The second-order valence-corrected chi connectivity index (χ2v) is 6.71. The van der Waals surface area contributed by atoms with Gasteiger partial charge >= 0.3 is 0 Å². The molecule has 1 amide bonds. The lowest BCUT2D eigenvalue weighted by Gasteiger charge is -2.48. The molecule has 0 bridgehead atoms. The number of nitrogens with two attached hydrogens (primary N) is 1. The lowest BCUT2D eigenvalue weighted by atomic mass is 9.64. The highest BCUT2D eigenvalue weighted by molar-refractivity contribution is 5.76. The quantitative estimate of drug-likeness (QED) is 0.866. The zero-order valence-corrected chi connectivity index (χ0v) is 13.5. The van der Waals surface area contributed by atoms with Crippen LogP contribution in [-0.2, 0) is 22.5 Å². The lowest BCUT2D eigenvalue weighted by molar-refractivity contribution is -0.128. The van der Waals surface area contributed by atoms with Crippen molar-refractivity contribution in [3.8, 4) is 0 Å². The molecule has 4 rings (SSSR count). The summed E-state index contributed by atoms with van der Waals surface area (Å²) < 4.78 is 7.45. The van der Waals surface area contributed by atoms with Gasteiger partial charge in [-0.05, 0) is 18.4 Å². The van der Waals surface area contributed by atoms with Crippen LogP contribution in [0.1, 0.15) is 12.0 Å². The molecule has 24 heavy (non-hydrogen) atoms. The minimum absolute atomic E-state index is 0.0217. The number of hydrogen-bond donors (Lipinski definition) is 2. The van der Waals surface area contributed by atoms with Crippen molar-refractivity contribution >= 4 is 11.6 Å². The van der Waals surface area contributed by atoms with Gasteiger partial charge in [0.15, 0.2) is 0 Å². The molecule has 2 aliphatic rings. The highest BCUT2D eigenvalue weighted by atomic mass is 16.5. The van der Waals surface area contributed by atoms with E-state index in [0.717, 1.165) is 19.4 Å². The molecule has 126 valence electrons. The summed E-state index contributed by atoms with van der Waals surface area (Å²) in [6, 6.07) is 10.6. The molecule has 1 aliphatic heterocycles.